The van der Waals surface area contributed by atoms with E-state index >= 15 is 0 Å². The van der Waals surface area contributed by atoms with Crippen molar-refractivity contribution in [2.75, 3.05) is 33.7 Å². The topological polar surface area (TPSA) is 32.5 Å². The predicted octanol–water partition coefficient (Wildman–Crippen LogP) is 2.59. The molecular weight excluding hydrogens is 258 g/mol. The third-order valence-electron chi connectivity index (χ3n) is 5.26. The summed E-state index contributed by atoms with van der Waals surface area (Å²) >= 11 is 0. The Morgan fingerprint density at radius 1 is 1.24 bits per heavy atom. The second-order valence-corrected chi connectivity index (χ2v) is 6.92. The lowest BCUT2D eigenvalue weighted by Crippen LogP contribution is -2.47. The van der Waals surface area contributed by atoms with Gasteiger partial charge in [-0.1, -0.05) is 24.3 Å². The molecule has 1 aliphatic heterocycles. The van der Waals surface area contributed by atoms with Gasteiger partial charge < -0.3 is 10.6 Å². The number of benzene rings is 1. The third kappa shape index (κ3) is 3.47. The van der Waals surface area contributed by atoms with E-state index < -0.39 is 0 Å². The summed E-state index contributed by atoms with van der Waals surface area (Å²) in [5.74, 6) is 0.833. The number of likely N-dealkylation sites (N-methyl/N-ethyl adjacent to an activating group) is 2. The van der Waals surface area contributed by atoms with Gasteiger partial charge in [0.15, 0.2) is 0 Å². The first-order valence-corrected chi connectivity index (χ1v) is 8.39. The Balaban J connectivity index is 1.70. The van der Waals surface area contributed by atoms with Gasteiger partial charge in [0.25, 0.3) is 0 Å². The molecule has 0 spiro atoms. The van der Waals surface area contributed by atoms with Gasteiger partial charge in [-0.05, 0) is 63.4 Å². The number of nitrogens with zero attached hydrogens (tertiary/aromatic N) is 2. The Kier molecular flexibility index (Phi) is 4.63. The van der Waals surface area contributed by atoms with Crippen molar-refractivity contribution in [3.8, 4) is 0 Å². The Morgan fingerprint density at radius 3 is 2.52 bits per heavy atom. The van der Waals surface area contributed by atoms with Crippen molar-refractivity contribution in [1.82, 2.24) is 9.80 Å². The van der Waals surface area contributed by atoms with Crippen LogP contribution in [0.3, 0.4) is 0 Å². The van der Waals surface area contributed by atoms with E-state index in [2.05, 4.69) is 48.2 Å². The lowest BCUT2D eigenvalue weighted by molar-refractivity contribution is 0.101. The smallest absolute Gasteiger partial charge is 0.0470 e. The molecule has 2 fully saturated rings. The van der Waals surface area contributed by atoms with Gasteiger partial charge in [-0.25, -0.2) is 0 Å². The molecule has 3 nitrogen and oxygen atoms in total. The maximum absolute atomic E-state index is 6.10. The highest BCUT2D eigenvalue weighted by molar-refractivity contribution is 5.30. The second kappa shape index (κ2) is 6.47. The highest BCUT2D eigenvalue weighted by Crippen LogP contribution is 2.40. The average molecular weight is 287 g/mol. The van der Waals surface area contributed by atoms with Gasteiger partial charge in [-0.2, -0.15) is 0 Å². The van der Waals surface area contributed by atoms with Gasteiger partial charge in [0.05, 0.1) is 0 Å². The fourth-order valence-corrected chi connectivity index (χ4v) is 3.67. The first-order valence-electron chi connectivity index (χ1n) is 8.39. The van der Waals surface area contributed by atoms with Crippen LogP contribution in [0.4, 0.5) is 0 Å². The van der Waals surface area contributed by atoms with E-state index in [1.165, 1.54) is 43.4 Å². The van der Waals surface area contributed by atoms with Crippen LogP contribution in [0.2, 0.25) is 0 Å². The molecule has 21 heavy (non-hydrogen) atoms. The molecule has 1 aliphatic carbocycles. The molecule has 0 aromatic heterocycles. The van der Waals surface area contributed by atoms with Gasteiger partial charge in [0.2, 0.25) is 0 Å². The van der Waals surface area contributed by atoms with Gasteiger partial charge in [-0.15, -0.1) is 0 Å². The lowest BCUT2D eigenvalue weighted by Gasteiger charge is -2.40. The maximum atomic E-state index is 6.10. The maximum Gasteiger partial charge on any atom is 0.0470 e. The van der Waals surface area contributed by atoms with Crippen molar-refractivity contribution in [1.29, 1.82) is 0 Å². The van der Waals surface area contributed by atoms with Crippen LogP contribution >= 0.6 is 0 Å². The number of hydrogen-bond acceptors (Lipinski definition) is 3. The molecule has 1 saturated carbocycles. The first kappa shape index (κ1) is 15.0. The quantitative estimate of drug-likeness (QED) is 0.903. The van der Waals surface area contributed by atoms with Crippen LogP contribution in [0.5, 0.6) is 0 Å². The summed E-state index contributed by atoms with van der Waals surface area (Å²) in [6.45, 7) is 3.08. The Hall–Kier alpha value is -0.900. The van der Waals surface area contributed by atoms with E-state index in [0.29, 0.717) is 18.6 Å². The summed E-state index contributed by atoms with van der Waals surface area (Å²) in [5, 5.41) is 0. The van der Waals surface area contributed by atoms with Crippen molar-refractivity contribution in [2.45, 2.75) is 43.7 Å². The van der Waals surface area contributed by atoms with Gasteiger partial charge in [0, 0.05) is 25.2 Å². The fourth-order valence-electron chi connectivity index (χ4n) is 3.67. The summed E-state index contributed by atoms with van der Waals surface area (Å²) in [6.07, 6.45) is 5.32. The van der Waals surface area contributed by atoms with Crippen molar-refractivity contribution >= 4 is 0 Å². The fraction of sp³-hybridized carbons (Fsp3) is 0.667. The van der Waals surface area contributed by atoms with Crippen LogP contribution in [-0.2, 0) is 0 Å². The molecule has 1 aromatic carbocycles. The van der Waals surface area contributed by atoms with Crippen LogP contribution in [0, 0.1) is 0 Å². The average Bonchev–Trinajstić information content (AvgIpc) is 3.33. The van der Waals surface area contributed by atoms with Gasteiger partial charge in [-0.3, -0.25) is 4.90 Å². The number of nitrogens with two attached hydrogens (primary N) is 1. The highest BCUT2D eigenvalue weighted by Gasteiger charge is 2.27. The standard InChI is InChI=1S/C18H29N3/c1-20-11-3-4-17(13-20)21(2)18(12-19)16-9-7-15(8-10-16)14-5-6-14/h7-10,14,17-18H,3-6,11-13,19H2,1-2H3. The monoisotopic (exact) mass is 287 g/mol. The zero-order valence-electron chi connectivity index (χ0n) is 13.5. The number of piperidine rings is 1. The molecule has 2 aliphatic rings. The zero-order chi connectivity index (χ0) is 14.8. The van der Waals surface area contributed by atoms with Gasteiger partial charge in [0.1, 0.15) is 0 Å². The van der Waals surface area contributed by atoms with Gasteiger partial charge >= 0.3 is 0 Å². The Labute approximate surface area is 129 Å². The molecule has 2 atom stereocenters. The number of rotatable bonds is 5. The third-order valence-corrected chi connectivity index (χ3v) is 5.26. The SMILES string of the molecule is CN1CCCC(N(C)C(CN)c2ccc(C3CC3)cc2)C1. The molecule has 1 aromatic rings. The minimum Gasteiger partial charge on any atom is -0.329 e. The first-order chi connectivity index (χ1) is 10.2. The van der Waals surface area contributed by atoms with E-state index in [-0.39, 0.29) is 0 Å². The lowest BCUT2D eigenvalue weighted by atomic mass is 9.98. The summed E-state index contributed by atoms with van der Waals surface area (Å²) in [5.41, 5.74) is 8.98. The minimum absolute atomic E-state index is 0.342. The van der Waals surface area contributed by atoms with Crippen molar-refractivity contribution < 1.29 is 0 Å². The molecule has 3 heteroatoms. The van der Waals surface area contributed by atoms with Crippen molar-refractivity contribution in [3.05, 3.63) is 35.4 Å². The summed E-state index contributed by atoms with van der Waals surface area (Å²) < 4.78 is 0. The molecule has 0 radical (unpaired) electrons. The van der Waals surface area contributed by atoms with Crippen LogP contribution < -0.4 is 5.73 Å². The summed E-state index contributed by atoms with van der Waals surface area (Å²) in [4.78, 5) is 4.94. The molecular formula is C18H29N3. The number of likely N-dealkylation sites (tertiary alicyclic amines) is 1. The molecule has 2 N–H and O–H groups in total. The predicted molar refractivity (Wildman–Crippen MR) is 88.5 cm³/mol. The van der Waals surface area contributed by atoms with E-state index in [1.807, 2.05) is 0 Å². The molecule has 3 rings (SSSR count). The Bertz CT molecular complexity index is 452. The van der Waals surface area contributed by atoms with Crippen molar-refractivity contribution in [2.24, 2.45) is 5.73 Å². The van der Waals surface area contributed by atoms with E-state index in [1.54, 1.807) is 0 Å². The minimum atomic E-state index is 0.342. The molecule has 0 bridgehead atoms. The molecule has 1 heterocycles. The van der Waals surface area contributed by atoms with Crippen LogP contribution in [0.1, 0.15) is 48.8 Å². The molecule has 2 unspecified atom stereocenters. The molecule has 116 valence electrons. The normalized spacial score (nSPS) is 25.2. The largest absolute Gasteiger partial charge is 0.329 e. The summed E-state index contributed by atoms with van der Waals surface area (Å²) in [6, 6.07) is 10.2. The van der Waals surface area contributed by atoms with Crippen LogP contribution in [0.25, 0.3) is 0 Å². The molecule has 1 saturated heterocycles. The summed E-state index contributed by atoms with van der Waals surface area (Å²) in [7, 11) is 4.47. The van der Waals surface area contributed by atoms with E-state index in [9.17, 15) is 0 Å². The van der Waals surface area contributed by atoms with E-state index in [4.69, 9.17) is 5.73 Å². The highest BCUT2D eigenvalue weighted by atomic mass is 15.2. The van der Waals surface area contributed by atoms with E-state index in [0.717, 1.165) is 12.5 Å². The van der Waals surface area contributed by atoms with Crippen molar-refractivity contribution in [3.63, 3.8) is 0 Å². The second-order valence-electron chi connectivity index (χ2n) is 6.92. The van der Waals surface area contributed by atoms with Crippen LogP contribution in [-0.4, -0.2) is 49.6 Å². The molecule has 0 amide bonds. The number of hydrogen-bond donors (Lipinski definition) is 1. The Morgan fingerprint density at radius 2 is 1.95 bits per heavy atom. The van der Waals surface area contributed by atoms with Crippen LogP contribution in [0.15, 0.2) is 24.3 Å². The zero-order valence-corrected chi connectivity index (χ0v) is 13.5.